The molecule has 2 heterocycles. The second-order valence-corrected chi connectivity index (χ2v) is 7.88. The molecule has 2 aromatic heterocycles. The molecule has 0 saturated carbocycles. The molecule has 1 unspecified atom stereocenters. The van der Waals surface area contributed by atoms with Gasteiger partial charge in [-0.3, -0.25) is 0 Å². The van der Waals surface area contributed by atoms with Crippen LogP contribution >= 0.6 is 0 Å². The SMILES string of the molecule is CCc1nccn1Cc1cc(C#Cc2ccc(OCC(O)CNC(CO)(CO)CO)cc2)on1. The maximum Gasteiger partial charge on any atom is 0.210 e. The molecule has 0 aliphatic rings. The van der Waals surface area contributed by atoms with E-state index < -0.39 is 31.5 Å². The van der Waals surface area contributed by atoms with Crippen molar-refractivity contribution in [1.29, 1.82) is 0 Å². The lowest BCUT2D eigenvalue weighted by Gasteiger charge is -2.29. The number of nitrogens with one attached hydrogen (secondary N) is 1. The van der Waals surface area contributed by atoms with Crippen molar-refractivity contribution < 1.29 is 29.7 Å². The molecule has 3 rings (SSSR count). The van der Waals surface area contributed by atoms with E-state index in [1.165, 1.54) is 0 Å². The van der Waals surface area contributed by atoms with Crippen LogP contribution in [0, 0.1) is 11.8 Å². The standard InChI is InChI=1S/C24H30N4O6/c1-2-23-25-9-10-28(23)13-19-11-22(34-27-19)8-5-18-3-6-21(7-4-18)33-14-20(32)12-26-24(15-29,16-30)17-31/h3-4,6-7,9-11,20,26,29-32H,2,12-17H2,1H3. The van der Waals surface area contributed by atoms with Gasteiger partial charge in [-0.05, 0) is 30.2 Å². The van der Waals surface area contributed by atoms with Gasteiger partial charge < -0.3 is 39.6 Å². The Labute approximate surface area is 197 Å². The van der Waals surface area contributed by atoms with Gasteiger partial charge in [-0.1, -0.05) is 18.0 Å². The Bertz CT molecular complexity index is 1070. The van der Waals surface area contributed by atoms with Gasteiger partial charge in [0.2, 0.25) is 5.76 Å². The summed E-state index contributed by atoms with van der Waals surface area (Å²) in [6.07, 6.45) is 3.61. The number of ether oxygens (including phenoxy) is 1. The first-order valence-corrected chi connectivity index (χ1v) is 11.0. The Hall–Kier alpha value is -3.20. The van der Waals surface area contributed by atoms with E-state index in [-0.39, 0.29) is 13.2 Å². The van der Waals surface area contributed by atoms with Crippen LogP contribution in [0.5, 0.6) is 5.75 Å². The first kappa shape index (κ1) is 25.4. The van der Waals surface area contributed by atoms with E-state index in [0.29, 0.717) is 18.1 Å². The van der Waals surface area contributed by atoms with Crippen molar-refractivity contribution in [3.8, 4) is 17.6 Å². The number of hydrogen-bond acceptors (Lipinski definition) is 9. The first-order valence-electron chi connectivity index (χ1n) is 11.0. The molecule has 10 heteroatoms. The second-order valence-electron chi connectivity index (χ2n) is 7.88. The highest BCUT2D eigenvalue weighted by molar-refractivity contribution is 5.41. The summed E-state index contributed by atoms with van der Waals surface area (Å²) in [5.74, 6) is 7.97. The normalized spacial score (nSPS) is 12.3. The Morgan fingerprint density at radius 2 is 1.88 bits per heavy atom. The number of benzene rings is 1. The molecule has 0 radical (unpaired) electrons. The van der Waals surface area contributed by atoms with E-state index in [4.69, 9.17) is 9.26 Å². The highest BCUT2D eigenvalue weighted by Crippen LogP contribution is 2.13. The third kappa shape index (κ3) is 6.90. The zero-order valence-corrected chi connectivity index (χ0v) is 19.0. The summed E-state index contributed by atoms with van der Waals surface area (Å²) >= 11 is 0. The number of aryl methyl sites for hydroxylation is 1. The molecule has 0 aliphatic carbocycles. The first-order chi connectivity index (χ1) is 16.5. The summed E-state index contributed by atoms with van der Waals surface area (Å²) in [6.45, 7) is 1.26. The van der Waals surface area contributed by atoms with Crippen LogP contribution in [0.4, 0.5) is 0 Å². The van der Waals surface area contributed by atoms with Gasteiger partial charge >= 0.3 is 0 Å². The number of aliphatic hydroxyl groups is 4. The van der Waals surface area contributed by atoms with Crippen LogP contribution in [0.15, 0.2) is 47.2 Å². The minimum absolute atomic E-state index is 0.00606. The average Bonchev–Trinajstić information content (AvgIpc) is 3.52. The summed E-state index contributed by atoms with van der Waals surface area (Å²) < 4.78 is 12.9. The molecule has 0 aliphatic heterocycles. The van der Waals surface area contributed by atoms with Crippen molar-refractivity contribution in [3.05, 3.63) is 65.6 Å². The number of aliphatic hydroxyl groups excluding tert-OH is 4. The molecule has 34 heavy (non-hydrogen) atoms. The van der Waals surface area contributed by atoms with Crippen LogP contribution in [0.1, 0.15) is 29.8 Å². The van der Waals surface area contributed by atoms with Gasteiger partial charge in [0.05, 0.1) is 31.9 Å². The lowest BCUT2D eigenvalue weighted by atomic mass is 10.0. The van der Waals surface area contributed by atoms with Crippen molar-refractivity contribution in [1.82, 2.24) is 20.0 Å². The molecule has 3 aromatic rings. The number of nitrogens with zero attached hydrogens (tertiary/aromatic N) is 3. The summed E-state index contributed by atoms with van der Waals surface area (Å²) in [6, 6.07) is 8.86. The quantitative estimate of drug-likeness (QED) is 0.230. The maximum atomic E-state index is 10.1. The molecule has 1 aromatic carbocycles. The predicted molar refractivity (Wildman–Crippen MR) is 123 cm³/mol. The lowest BCUT2D eigenvalue weighted by molar-refractivity contribution is 0.0260. The zero-order valence-electron chi connectivity index (χ0n) is 19.0. The van der Waals surface area contributed by atoms with Crippen LogP contribution in [0.25, 0.3) is 0 Å². The molecule has 182 valence electrons. The van der Waals surface area contributed by atoms with Crippen molar-refractivity contribution in [2.45, 2.75) is 31.5 Å². The fraction of sp³-hybridized carbons (Fsp3) is 0.417. The van der Waals surface area contributed by atoms with E-state index in [0.717, 1.165) is 23.5 Å². The van der Waals surface area contributed by atoms with E-state index in [9.17, 15) is 20.4 Å². The molecular weight excluding hydrogens is 440 g/mol. The minimum atomic E-state index is -1.25. The topological polar surface area (TPSA) is 146 Å². The second kappa shape index (κ2) is 12.3. The van der Waals surface area contributed by atoms with Gasteiger partial charge in [0, 0.05) is 37.0 Å². The molecule has 5 N–H and O–H groups in total. The molecule has 1 atom stereocenters. The van der Waals surface area contributed by atoms with Crippen LogP contribution < -0.4 is 10.1 Å². The summed E-state index contributed by atoms with van der Waals surface area (Å²) in [7, 11) is 0. The Balaban J connectivity index is 1.49. The molecule has 0 fully saturated rings. The van der Waals surface area contributed by atoms with E-state index in [2.05, 4.69) is 27.3 Å². The van der Waals surface area contributed by atoms with Crippen LogP contribution in [0.2, 0.25) is 0 Å². The highest BCUT2D eigenvalue weighted by atomic mass is 16.5. The minimum Gasteiger partial charge on any atom is -0.491 e. The average molecular weight is 471 g/mol. The molecule has 0 amide bonds. The van der Waals surface area contributed by atoms with Crippen LogP contribution in [0.3, 0.4) is 0 Å². The fourth-order valence-electron chi connectivity index (χ4n) is 3.09. The van der Waals surface area contributed by atoms with Gasteiger partial charge in [-0.15, -0.1) is 0 Å². The third-order valence-electron chi connectivity index (χ3n) is 5.26. The largest absolute Gasteiger partial charge is 0.491 e. The number of rotatable bonds is 12. The Morgan fingerprint density at radius 3 is 2.56 bits per heavy atom. The Morgan fingerprint density at radius 1 is 1.15 bits per heavy atom. The van der Waals surface area contributed by atoms with Gasteiger partial charge in [0.1, 0.15) is 30.0 Å². The molecule has 10 nitrogen and oxygen atoms in total. The van der Waals surface area contributed by atoms with E-state index in [1.807, 2.05) is 17.7 Å². The number of hydrogen-bond donors (Lipinski definition) is 5. The molecule has 0 spiro atoms. The number of aromatic nitrogens is 3. The van der Waals surface area contributed by atoms with Crippen LogP contribution in [-0.2, 0) is 13.0 Å². The van der Waals surface area contributed by atoms with Crippen molar-refractivity contribution in [2.75, 3.05) is 33.0 Å². The highest BCUT2D eigenvalue weighted by Gasteiger charge is 2.28. The molecular formula is C24H30N4O6. The Kier molecular flexibility index (Phi) is 9.21. The van der Waals surface area contributed by atoms with Crippen LogP contribution in [-0.4, -0.2) is 79.7 Å². The molecule has 0 bridgehead atoms. The van der Waals surface area contributed by atoms with Gasteiger partial charge in [-0.2, -0.15) is 0 Å². The zero-order chi connectivity index (χ0) is 24.4. The number of imidazole rings is 1. The number of β-amino-alcohol motifs (C(OH)–C–C–N with tert-alkyl or cyclic N) is 1. The van der Waals surface area contributed by atoms with Gasteiger partial charge in [0.15, 0.2) is 0 Å². The van der Waals surface area contributed by atoms with Crippen molar-refractivity contribution in [2.24, 2.45) is 0 Å². The van der Waals surface area contributed by atoms with Gasteiger partial charge in [0.25, 0.3) is 0 Å². The van der Waals surface area contributed by atoms with Gasteiger partial charge in [-0.25, -0.2) is 4.98 Å². The monoisotopic (exact) mass is 470 g/mol. The summed E-state index contributed by atoms with van der Waals surface area (Å²) in [5.41, 5.74) is 0.278. The van der Waals surface area contributed by atoms with Crippen molar-refractivity contribution in [3.63, 3.8) is 0 Å². The summed E-state index contributed by atoms with van der Waals surface area (Å²) in [4.78, 5) is 4.29. The fourth-order valence-corrected chi connectivity index (χ4v) is 3.09. The van der Waals surface area contributed by atoms with E-state index >= 15 is 0 Å². The molecule has 0 saturated heterocycles. The lowest BCUT2D eigenvalue weighted by Crippen LogP contribution is -2.57. The predicted octanol–water partition coefficient (Wildman–Crippen LogP) is -0.0734. The smallest absolute Gasteiger partial charge is 0.210 e. The summed E-state index contributed by atoms with van der Waals surface area (Å²) in [5, 5.41) is 44.8. The third-order valence-corrected chi connectivity index (χ3v) is 5.26. The van der Waals surface area contributed by atoms with Crippen molar-refractivity contribution >= 4 is 0 Å². The van der Waals surface area contributed by atoms with E-state index in [1.54, 1.807) is 36.5 Å². The maximum absolute atomic E-state index is 10.1.